The summed E-state index contributed by atoms with van der Waals surface area (Å²) in [5.41, 5.74) is 5.63. The molecule has 2 rings (SSSR count). The molecule has 1 aliphatic carbocycles. The first-order valence-corrected chi connectivity index (χ1v) is 8.02. The predicted octanol–water partition coefficient (Wildman–Crippen LogP) is 1.66. The van der Waals surface area contributed by atoms with Gasteiger partial charge in [0.2, 0.25) is 10.0 Å². The zero-order valence-corrected chi connectivity index (χ0v) is 13.3. The van der Waals surface area contributed by atoms with Crippen LogP contribution in [0.25, 0.3) is 0 Å². The second kappa shape index (κ2) is 7.40. The summed E-state index contributed by atoms with van der Waals surface area (Å²) in [4.78, 5) is -0.0986. The normalized spacial score (nSPS) is 21.9. The van der Waals surface area contributed by atoms with E-state index in [4.69, 9.17) is 10.5 Å². The summed E-state index contributed by atoms with van der Waals surface area (Å²) in [6.07, 6.45) is 2.63. The molecule has 21 heavy (non-hydrogen) atoms. The Labute approximate surface area is 130 Å². The molecule has 1 aromatic rings. The smallest absolute Gasteiger partial charge is 0.240 e. The molecule has 0 spiro atoms. The van der Waals surface area contributed by atoms with Gasteiger partial charge in [-0.1, -0.05) is 6.42 Å². The van der Waals surface area contributed by atoms with E-state index in [2.05, 4.69) is 4.72 Å². The molecule has 0 saturated heterocycles. The molecule has 1 saturated carbocycles. The van der Waals surface area contributed by atoms with Gasteiger partial charge in [0.05, 0.1) is 12.0 Å². The Balaban J connectivity index is 0.00000220. The molecule has 0 aliphatic heterocycles. The van der Waals surface area contributed by atoms with Crippen molar-refractivity contribution in [2.24, 2.45) is 11.7 Å². The van der Waals surface area contributed by atoms with E-state index >= 15 is 0 Å². The molecule has 120 valence electrons. The van der Waals surface area contributed by atoms with E-state index in [9.17, 15) is 12.8 Å². The Morgan fingerprint density at radius 3 is 2.71 bits per heavy atom. The van der Waals surface area contributed by atoms with Crippen LogP contribution in [0.2, 0.25) is 0 Å². The van der Waals surface area contributed by atoms with Crippen molar-refractivity contribution < 1.29 is 17.5 Å². The maximum atomic E-state index is 13.6. The molecule has 8 heteroatoms. The molecular weight excluding hydrogens is 319 g/mol. The number of ether oxygens (including phenoxy) is 1. The summed E-state index contributed by atoms with van der Waals surface area (Å²) in [6.45, 7) is 0.449. The summed E-state index contributed by atoms with van der Waals surface area (Å²) >= 11 is 0. The number of rotatable bonds is 5. The maximum Gasteiger partial charge on any atom is 0.240 e. The van der Waals surface area contributed by atoms with E-state index in [1.165, 1.54) is 19.2 Å². The quantitative estimate of drug-likeness (QED) is 0.855. The number of hydrogen-bond acceptors (Lipinski definition) is 4. The van der Waals surface area contributed by atoms with Crippen LogP contribution >= 0.6 is 12.4 Å². The van der Waals surface area contributed by atoms with E-state index < -0.39 is 15.8 Å². The first-order valence-electron chi connectivity index (χ1n) is 6.54. The van der Waals surface area contributed by atoms with Crippen LogP contribution < -0.4 is 15.2 Å². The number of nitrogens with two attached hydrogens (primary N) is 1. The zero-order valence-electron chi connectivity index (χ0n) is 11.7. The SMILES string of the molecule is COc1ccc(S(=O)(=O)NC2CCCC2CN)cc1F.Cl. The summed E-state index contributed by atoms with van der Waals surface area (Å²) in [6, 6.07) is 3.43. The van der Waals surface area contributed by atoms with Crippen molar-refractivity contribution in [3.8, 4) is 5.75 Å². The van der Waals surface area contributed by atoms with Crippen molar-refractivity contribution in [1.82, 2.24) is 4.72 Å². The Hall–Kier alpha value is -0.890. The molecule has 5 nitrogen and oxygen atoms in total. The summed E-state index contributed by atoms with van der Waals surface area (Å²) in [5, 5.41) is 0. The maximum absolute atomic E-state index is 13.6. The van der Waals surface area contributed by atoms with Gasteiger partial charge in [-0.3, -0.25) is 0 Å². The van der Waals surface area contributed by atoms with Crippen LogP contribution in [0, 0.1) is 11.7 Å². The van der Waals surface area contributed by atoms with E-state index in [1.807, 2.05) is 0 Å². The standard InChI is InChI=1S/C13H19FN2O3S.ClH/c1-19-13-6-5-10(7-11(13)14)20(17,18)16-12-4-2-3-9(12)8-15;/h5-7,9,12,16H,2-4,8,15H2,1H3;1H. The Morgan fingerprint density at radius 2 is 2.14 bits per heavy atom. The van der Waals surface area contributed by atoms with Crippen molar-refractivity contribution in [3.05, 3.63) is 24.0 Å². The van der Waals surface area contributed by atoms with Gasteiger partial charge in [0.1, 0.15) is 0 Å². The molecule has 1 aliphatic rings. The molecule has 1 fully saturated rings. The minimum absolute atomic E-state index is 0. The third-order valence-corrected chi connectivity index (χ3v) is 5.19. The first-order chi connectivity index (χ1) is 9.47. The fraction of sp³-hybridized carbons (Fsp3) is 0.538. The number of hydrogen-bond donors (Lipinski definition) is 2. The minimum atomic E-state index is -3.74. The second-order valence-corrected chi connectivity index (χ2v) is 6.66. The van der Waals surface area contributed by atoms with Gasteiger partial charge in [0.25, 0.3) is 0 Å². The molecule has 0 heterocycles. The van der Waals surface area contributed by atoms with Gasteiger partial charge in [0.15, 0.2) is 11.6 Å². The second-order valence-electron chi connectivity index (χ2n) is 4.95. The summed E-state index contributed by atoms with van der Waals surface area (Å²) < 4.78 is 45.5. The third kappa shape index (κ3) is 4.06. The number of nitrogens with one attached hydrogen (secondary N) is 1. The summed E-state index contributed by atoms with van der Waals surface area (Å²) in [7, 11) is -2.41. The van der Waals surface area contributed by atoms with Gasteiger partial charge in [-0.15, -0.1) is 12.4 Å². The average molecular weight is 339 g/mol. The minimum Gasteiger partial charge on any atom is -0.494 e. The zero-order chi connectivity index (χ0) is 14.8. The lowest BCUT2D eigenvalue weighted by Gasteiger charge is -2.19. The molecule has 0 aromatic heterocycles. The van der Waals surface area contributed by atoms with Crippen LogP contribution in [-0.2, 0) is 10.0 Å². The fourth-order valence-electron chi connectivity index (χ4n) is 2.56. The number of benzene rings is 1. The van der Waals surface area contributed by atoms with Crippen molar-refractivity contribution in [3.63, 3.8) is 0 Å². The molecule has 3 N–H and O–H groups in total. The Kier molecular flexibility index (Phi) is 6.40. The van der Waals surface area contributed by atoms with Crippen LogP contribution in [0.3, 0.4) is 0 Å². The lowest BCUT2D eigenvalue weighted by atomic mass is 10.1. The van der Waals surface area contributed by atoms with Crippen molar-refractivity contribution >= 4 is 22.4 Å². The molecular formula is C13H20ClFN2O3S. The third-order valence-electron chi connectivity index (χ3n) is 3.70. The highest BCUT2D eigenvalue weighted by Gasteiger charge is 2.30. The van der Waals surface area contributed by atoms with E-state index in [-0.39, 0.29) is 35.0 Å². The number of sulfonamides is 1. The molecule has 0 bridgehead atoms. The monoisotopic (exact) mass is 338 g/mol. The highest BCUT2D eigenvalue weighted by Crippen LogP contribution is 2.27. The van der Waals surface area contributed by atoms with Gasteiger partial charge in [-0.05, 0) is 43.5 Å². The van der Waals surface area contributed by atoms with E-state index in [0.717, 1.165) is 25.3 Å². The summed E-state index contributed by atoms with van der Waals surface area (Å²) in [5.74, 6) is -0.533. The Morgan fingerprint density at radius 1 is 1.43 bits per heavy atom. The van der Waals surface area contributed by atoms with Gasteiger partial charge in [-0.2, -0.15) is 0 Å². The van der Waals surface area contributed by atoms with Crippen molar-refractivity contribution in [2.45, 2.75) is 30.2 Å². The van der Waals surface area contributed by atoms with Crippen LogP contribution in [0.5, 0.6) is 5.75 Å². The molecule has 0 amide bonds. The van der Waals surface area contributed by atoms with Gasteiger partial charge >= 0.3 is 0 Å². The Bertz CT molecular complexity index is 583. The molecule has 2 unspecified atom stereocenters. The van der Waals surface area contributed by atoms with Crippen LogP contribution in [0.15, 0.2) is 23.1 Å². The van der Waals surface area contributed by atoms with Crippen LogP contribution in [-0.4, -0.2) is 28.1 Å². The largest absolute Gasteiger partial charge is 0.494 e. The molecule has 1 aromatic carbocycles. The molecule has 0 radical (unpaired) electrons. The topological polar surface area (TPSA) is 81.4 Å². The first kappa shape index (κ1) is 18.2. The number of halogens is 2. The lowest BCUT2D eigenvalue weighted by Crippen LogP contribution is -2.39. The lowest BCUT2D eigenvalue weighted by molar-refractivity contribution is 0.385. The van der Waals surface area contributed by atoms with Crippen molar-refractivity contribution in [2.75, 3.05) is 13.7 Å². The van der Waals surface area contributed by atoms with E-state index in [1.54, 1.807) is 0 Å². The predicted molar refractivity (Wildman–Crippen MR) is 80.7 cm³/mol. The number of methoxy groups -OCH3 is 1. The highest BCUT2D eigenvalue weighted by molar-refractivity contribution is 7.89. The highest BCUT2D eigenvalue weighted by atomic mass is 35.5. The van der Waals surface area contributed by atoms with Gasteiger partial charge in [0, 0.05) is 6.04 Å². The van der Waals surface area contributed by atoms with E-state index in [0.29, 0.717) is 6.54 Å². The van der Waals surface area contributed by atoms with Crippen LogP contribution in [0.1, 0.15) is 19.3 Å². The average Bonchev–Trinajstić information content (AvgIpc) is 2.85. The molecule has 2 atom stereocenters. The van der Waals surface area contributed by atoms with Gasteiger partial charge in [-0.25, -0.2) is 17.5 Å². The van der Waals surface area contributed by atoms with Crippen molar-refractivity contribution in [1.29, 1.82) is 0 Å². The van der Waals surface area contributed by atoms with Crippen LogP contribution in [0.4, 0.5) is 4.39 Å². The van der Waals surface area contributed by atoms with Gasteiger partial charge < -0.3 is 10.5 Å². The fourth-order valence-corrected chi connectivity index (χ4v) is 3.91.